The minimum atomic E-state index is -0.566. The average Bonchev–Trinajstić information content (AvgIpc) is 2.62. The maximum absolute atomic E-state index is 12.6. The van der Waals surface area contributed by atoms with E-state index in [1.165, 1.54) is 0 Å². The molecule has 5 nitrogen and oxygen atoms in total. The Morgan fingerprint density at radius 3 is 2.04 bits per heavy atom. The van der Waals surface area contributed by atoms with E-state index in [-0.39, 0.29) is 17.2 Å². The van der Waals surface area contributed by atoms with E-state index in [9.17, 15) is 9.59 Å². The Labute approximate surface area is 161 Å². The Morgan fingerprint density at radius 2 is 1.52 bits per heavy atom. The lowest BCUT2D eigenvalue weighted by Gasteiger charge is -2.19. The van der Waals surface area contributed by atoms with Crippen LogP contribution in [0.15, 0.2) is 48.5 Å². The van der Waals surface area contributed by atoms with Gasteiger partial charge in [-0.15, -0.1) is 0 Å². The van der Waals surface area contributed by atoms with Crippen molar-refractivity contribution in [2.24, 2.45) is 5.73 Å². The molecule has 0 radical (unpaired) electrons. The van der Waals surface area contributed by atoms with E-state index in [2.05, 4.69) is 31.4 Å². The van der Waals surface area contributed by atoms with Crippen LogP contribution in [0, 0.1) is 0 Å². The van der Waals surface area contributed by atoms with Gasteiger partial charge in [-0.05, 0) is 41.7 Å². The molecule has 0 spiro atoms. The molecule has 0 saturated heterocycles. The molecule has 1 unspecified atom stereocenters. The minimum Gasteiger partial charge on any atom is -0.323 e. The van der Waals surface area contributed by atoms with Crippen LogP contribution >= 0.6 is 0 Å². The summed E-state index contributed by atoms with van der Waals surface area (Å²) in [4.78, 5) is 24.8. The molecule has 0 fully saturated rings. The Hall–Kier alpha value is -2.66. The summed E-state index contributed by atoms with van der Waals surface area (Å²) in [5, 5.41) is 5.67. The van der Waals surface area contributed by atoms with Gasteiger partial charge in [-0.3, -0.25) is 9.59 Å². The summed E-state index contributed by atoms with van der Waals surface area (Å²) >= 11 is 0. The smallest absolute Gasteiger partial charge is 0.255 e. The van der Waals surface area contributed by atoms with Gasteiger partial charge in [0.25, 0.3) is 5.91 Å². The highest BCUT2D eigenvalue weighted by molar-refractivity contribution is 6.07. The van der Waals surface area contributed by atoms with Gasteiger partial charge >= 0.3 is 0 Å². The van der Waals surface area contributed by atoms with Crippen LogP contribution in [0.2, 0.25) is 0 Å². The van der Waals surface area contributed by atoms with E-state index >= 15 is 0 Å². The van der Waals surface area contributed by atoms with Crippen molar-refractivity contribution < 1.29 is 9.59 Å². The number of carbonyl (C=O) groups is 2. The number of carbonyl (C=O) groups excluding carboxylic acids is 2. The van der Waals surface area contributed by atoms with E-state index in [1.54, 1.807) is 24.3 Å². The first-order valence-corrected chi connectivity index (χ1v) is 9.29. The molecule has 0 bridgehead atoms. The zero-order chi connectivity index (χ0) is 20.0. The second-order valence-corrected chi connectivity index (χ2v) is 7.71. The molecule has 27 heavy (non-hydrogen) atoms. The highest BCUT2D eigenvalue weighted by Gasteiger charge is 2.17. The molecule has 2 aromatic rings. The normalized spacial score (nSPS) is 12.3. The van der Waals surface area contributed by atoms with Crippen LogP contribution in [0.4, 0.5) is 11.4 Å². The number of para-hydroxylation sites is 2. The van der Waals surface area contributed by atoms with E-state index in [1.807, 2.05) is 31.2 Å². The average molecular weight is 367 g/mol. The van der Waals surface area contributed by atoms with Crippen molar-refractivity contribution in [1.29, 1.82) is 0 Å². The first kappa shape index (κ1) is 20.6. The Kier molecular flexibility index (Phi) is 6.75. The summed E-state index contributed by atoms with van der Waals surface area (Å²) in [5.41, 5.74) is 8.70. The maximum atomic E-state index is 12.6. The quantitative estimate of drug-likeness (QED) is 0.711. The summed E-state index contributed by atoms with van der Waals surface area (Å²) in [6.07, 6.45) is 1.44. The van der Waals surface area contributed by atoms with Gasteiger partial charge in [-0.2, -0.15) is 0 Å². The first-order chi connectivity index (χ1) is 12.7. The van der Waals surface area contributed by atoms with Crippen LogP contribution in [0.1, 0.15) is 56.5 Å². The van der Waals surface area contributed by atoms with Crippen molar-refractivity contribution in [3.63, 3.8) is 0 Å². The fraction of sp³-hybridized carbons (Fsp3) is 0.364. The molecular formula is C22H29N3O2. The topological polar surface area (TPSA) is 84.2 Å². The second kappa shape index (κ2) is 8.82. The molecule has 2 aromatic carbocycles. The van der Waals surface area contributed by atoms with Gasteiger partial charge in [-0.1, -0.05) is 58.4 Å². The fourth-order valence-electron chi connectivity index (χ4n) is 2.68. The molecule has 2 rings (SSSR count). The highest BCUT2D eigenvalue weighted by Crippen LogP contribution is 2.24. The summed E-state index contributed by atoms with van der Waals surface area (Å²) in [5.74, 6) is -0.483. The Bertz CT molecular complexity index is 792. The number of hydrogen-bond acceptors (Lipinski definition) is 3. The molecule has 4 N–H and O–H groups in total. The maximum Gasteiger partial charge on any atom is 0.255 e. The lowest BCUT2D eigenvalue weighted by Crippen LogP contribution is -2.35. The van der Waals surface area contributed by atoms with Crippen LogP contribution in [-0.2, 0) is 10.2 Å². The minimum absolute atomic E-state index is 0.0309. The van der Waals surface area contributed by atoms with Crippen LogP contribution < -0.4 is 16.4 Å². The molecule has 5 heteroatoms. The van der Waals surface area contributed by atoms with E-state index in [0.717, 1.165) is 12.0 Å². The standard InChI is InChI=1S/C22H29N3O2/c1-5-8-17(23)21(27)25-19-10-7-6-9-18(19)24-20(26)15-11-13-16(14-12-15)22(2,3)4/h6-7,9-14,17H,5,8,23H2,1-4H3,(H,24,26)(H,25,27). The molecular weight excluding hydrogens is 338 g/mol. The SMILES string of the molecule is CCCC(N)C(=O)Nc1ccccc1NC(=O)c1ccc(C(C)(C)C)cc1. The van der Waals surface area contributed by atoms with E-state index < -0.39 is 6.04 Å². The molecule has 0 aromatic heterocycles. The largest absolute Gasteiger partial charge is 0.323 e. The van der Waals surface area contributed by atoms with Crippen molar-refractivity contribution >= 4 is 23.2 Å². The zero-order valence-electron chi connectivity index (χ0n) is 16.5. The second-order valence-electron chi connectivity index (χ2n) is 7.71. The number of anilines is 2. The number of nitrogens with two attached hydrogens (primary N) is 1. The van der Waals surface area contributed by atoms with Crippen LogP contribution in [0.5, 0.6) is 0 Å². The van der Waals surface area contributed by atoms with Gasteiger partial charge in [-0.25, -0.2) is 0 Å². The third-order valence-corrected chi connectivity index (χ3v) is 4.38. The van der Waals surface area contributed by atoms with Crippen molar-refractivity contribution in [1.82, 2.24) is 0 Å². The predicted molar refractivity (Wildman–Crippen MR) is 111 cm³/mol. The van der Waals surface area contributed by atoms with E-state index in [4.69, 9.17) is 5.73 Å². The van der Waals surface area contributed by atoms with Gasteiger partial charge in [0.05, 0.1) is 17.4 Å². The molecule has 0 heterocycles. The summed E-state index contributed by atoms with van der Waals surface area (Å²) in [6, 6.07) is 14.1. The number of nitrogens with one attached hydrogen (secondary N) is 2. The Balaban J connectivity index is 2.13. The summed E-state index contributed by atoms with van der Waals surface area (Å²) in [7, 11) is 0. The van der Waals surface area contributed by atoms with Gasteiger partial charge in [0.2, 0.25) is 5.91 Å². The molecule has 0 aliphatic heterocycles. The highest BCUT2D eigenvalue weighted by atomic mass is 16.2. The Morgan fingerprint density at radius 1 is 0.963 bits per heavy atom. The monoisotopic (exact) mass is 367 g/mol. The number of benzene rings is 2. The molecule has 2 amide bonds. The van der Waals surface area contributed by atoms with Crippen LogP contribution in [0.3, 0.4) is 0 Å². The predicted octanol–water partition coefficient (Wildman–Crippen LogP) is 4.30. The molecule has 0 aliphatic carbocycles. The van der Waals surface area contributed by atoms with Crippen molar-refractivity contribution in [3.8, 4) is 0 Å². The van der Waals surface area contributed by atoms with E-state index in [0.29, 0.717) is 23.4 Å². The number of hydrogen-bond donors (Lipinski definition) is 3. The number of amides is 2. The first-order valence-electron chi connectivity index (χ1n) is 9.29. The van der Waals surface area contributed by atoms with Crippen molar-refractivity contribution in [2.75, 3.05) is 10.6 Å². The van der Waals surface area contributed by atoms with Gasteiger partial charge in [0.1, 0.15) is 0 Å². The van der Waals surface area contributed by atoms with Crippen molar-refractivity contribution in [2.45, 2.75) is 52.0 Å². The third-order valence-electron chi connectivity index (χ3n) is 4.38. The van der Waals surface area contributed by atoms with Crippen LogP contribution in [0.25, 0.3) is 0 Å². The lowest BCUT2D eigenvalue weighted by atomic mass is 9.87. The fourth-order valence-corrected chi connectivity index (χ4v) is 2.68. The van der Waals surface area contributed by atoms with Gasteiger partial charge in [0, 0.05) is 5.56 Å². The molecule has 0 saturated carbocycles. The molecule has 144 valence electrons. The molecule has 0 aliphatic rings. The van der Waals surface area contributed by atoms with Gasteiger partial charge < -0.3 is 16.4 Å². The summed E-state index contributed by atoms with van der Waals surface area (Å²) in [6.45, 7) is 8.37. The zero-order valence-corrected chi connectivity index (χ0v) is 16.5. The van der Waals surface area contributed by atoms with Crippen LogP contribution in [-0.4, -0.2) is 17.9 Å². The van der Waals surface area contributed by atoms with Gasteiger partial charge in [0.15, 0.2) is 0 Å². The number of rotatable bonds is 6. The lowest BCUT2D eigenvalue weighted by molar-refractivity contribution is -0.117. The van der Waals surface area contributed by atoms with Crippen molar-refractivity contribution in [3.05, 3.63) is 59.7 Å². The third kappa shape index (κ3) is 5.66. The molecule has 1 atom stereocenters. The summed E-state index contributed by atoms with van der Waals surface area (Å²) < 4.78 is 0.